The van der Waals surface area contributed by atoms with Gasteiger partial charge in [0.15, 0.2) is 5.78 Å². The van der Waals surface area contributed by atoms with Gasteiger partial charge in [0, 0.05) is 17.7 Å². The lowest BCUT2D eigenvalue weighted by Crippen LogP contribution is -3.00. The Morgan fingerprint density at radius 3 is 2.53 bits per heavy atom. The molecule has 0 aromatic heterocycles. The Morgan fingerprint density at radius 1 is 1.26 bits per heavy atom. The first-order chi connectivity index (χ1) is 8.70. The number of likely N-dealkylation sites (tertiary alicyclic amines) is 1. The van der Waals surface area contributed by atoms with Crippen LogP contribution in [0.3, 0.4) is 0 Å². The van der Waals surface area contributed by atoms with Gasteiger partial charge in [-0.25, -0.2) is 0 Å². The van der Waals surface area contributed by atoms with Crippen LogP contribution in [0.2, 0.25) is 0 Å². The fraction of sp³-hybridized carbons (Fsp3) is 0.533. The molecule has 0 radical (unpaired) electrons. The molecule has 4 heteroatoms. The fourth-order valence-corrected chi connectivity index (χ4v) is 2.48. The molecule has 0 amide bonds. The number of hydrogen-bond donors (Lipinski definition) is 0. The average Bonchev–Trinajstić information content (AvgIpc) is 2.39. The van der Waals surface area contributed by atoms with Crippen LogP contribution in [0.1, 0.15) is 42.1 Å². The van der Waals surface area contributed by atoms with Gasteiger partial charge in [-0.1, -0.05) is 6.42 Å². The molecule has 0 saturated carbocycles. The molecule has 0 bridgehead atoms. The minimum Gasteiger partial charge on any atom is -1.00 e. The number of Topliss-reactive ketones (excluding diaryl/α,β-unsaturated/α-hetero) is 1. The smallest absolute Gasteiger partial charge is 0.159 e. The minimum absolute atomic E-state index is 0. The first-order valence-electron chi connectivity index (χ1n) is 6.61. The van der Waals surface area contributed by atoms with Gasteiger partial charge in [-0.15, -0.1) is 0 Å². The lowest BCUT2D eigenvalue weighted by molar-refractivity contribution is -0.0000121. The van der Waals surface area contributed by atoms with E-state index in [4.69, 9.17) is 4.74 Å². The molecule has 1 aromatic rings. The molecule has 0 atom stereocenters. The number of nitrogens with zero attached hydrogens (tertiary/aromatic N) is 1. The first-order valence-corrected chi connectivity index (χ1v) is 6.61. The van der Waals surface area contributed by atoms with Crippen molar-refractivity contribution in [2.75, 3.05) is 20.2 Å². The van der Waals surface area contributed by atoms with Crippen LogP contribution in [0, 0.1) is 0 Å². The summed E-state index contributed by atoms with van der Waals surface area (Å²) >= 11 is 0. The standard InChI is InChI=1S/C15H21NO2.ClH/c1-12(17)13-6-7-15(18-2)14(10-13)11-16-8-4-3-5-9-16;/h6-7,10H,3-5,8-9,11H2,1-2H3;1H/p-1. The van der Waals surface area contributed by atoms with Gasteiger partial charge in [0.25, 0.3) is 0 Å². The summed E-state index contributed by atoms with van der Waals surface area (Å²) in [5, 5.41) is 0. The number of ketones is 1. The van der Waals surface area contributed by atoms with E-state index in [0.717, 1.165) is 36.5 Å². The van der Waals surface area contributed by atoms with Crippen molar-refractivity contribution in [2.45, 2.75) is 32.7 Å². The van der Waals surface area contributed by atoms with Crippen LogP contribution in [0.15, 0.2) is 18.2 Å². The van der Waals surface area contributed by atoms with Gasteiger partial charge in [-0.2, -0.15) is 0 Å². The average molecular weight is 283 g/mol. The number of rotatable bonds is 4. The normalized spacial score (nSPS) is 15.7. The lowest BCUT2D eigenvalue weighted by atomic mass is 10.0. The second-order valence-corrected chi connectivity index (χ2v) is 4.92. The van der Waals surface area contributed by atoms with Gasteiger partial charge in [0.2, 0.25) is 0 Å². The summed E-state index contributed by atoms with van der Waals surface area (Å²) < 4.78 is 5.38. The highest BCUT2D eigenvalue weighted by Gasteiger charge is 2.14. The van der Waals surface area contributed by atoms with Crippen molar-refractivity contribution in [2.24, 2.45) is 0 Å². The van der Waals surface area contributed by atoms with Gasteiger partial charge in [0.05, 0.1) is 7.11 Å². The second-order valence-electron chi connectivity index (χ2n) is 4.92. The Kier molecular flexibility index (Phi) is 6.32. The highest BCUT2D eigenvalue weighted by atomic mass is 35.5. The second kappa shape index (κ2) is 7.51. The summed E-state index contributed by atoms with van der Waals surface area (Å²) in [6, 6.07) is 5.70. The topological polar surface area (TPSA) is 29.5 Å². The van der Waals surface area contributed by atoms with Crippen molar-refractivity contribution in [3.05, 3.63) is 29.3 Å². The van der Waals surface area contributed by atoms with E-state index in [0.29, 0.717) is 0 Å². The Hall–Kier alpha value is -1.06. The Bertz CT molecular complexity index is 428. The van der Waals surface area contributed by atoms with E-state index in [-0.39, 0.29) is 18.2 Å². The third kappa shape index (κ3) is 4.22. The molecule has 0 aliphatic carbocycles. The number of carbonyl (C=O) groups excluding carboxylic acids is 1. The van der Waals surface area contributed by atoms with E-state index in [1.54, 1.807) is 14.0 Å². The maximum atomic E-state index is 11.4. The molecular formula is C15H21ClNO2-. The van der Waals surface area contributed by atoms with E-state index < -0.39 is 0 Å². The lowest BCUT2D eigenvalue weighted by Gasteiger charge is -2.27. The summed E-state index contributed by atoms with van der Waals surface area (Å²) in [4.78, 5) is 13.9. The molecule has 19 heavy (non-hydrogen) atoms. The Morgan fingerprint density at radius 2 is 1.95 bits per heavy atom. The molecule has 1 aliphatic rings. The van der Waals surface area contributed by atoms with Crippen LogP contribution in [-0.4, -0.2) is 30.9 Å². The highest BCUT2D eigenvalue weighted by Crippen LogP contribution is 2.23. The van der Waals surface area contributed by atoms with Gasteiger partial charge >= 0.3 is 0 Å². The summed E-state index contributed by atoms with van der Waals surface area (Å²) in [5.41, 5.74) is 1.88. The highest BCUT2D eigenvalue weighted by molar-refractivity contribution is 5.94. The van der Waals surface area contributed by atoms with Crippen molar-refractivity contribution < 1.29 is 21.9 Å². The zero-order valence-corrected chi connectivity index (χ0v) is 12.4. The molecule has 1 heterocycles. The van der Waals surface area contributed by atoms with Crippen LogP contribution >= 0.6 is 0 Å². The quantitative estimate of drug-likeness (QED) is 0.722. The molecule has 0 spiro atoms. The van der Waals surface area contributed by atoms with Crippen molar-refractivity contribution in [3.63, 3.8) is 0 Å². The predicted octanol–water partition coefficient (Wildman–Crippen LogP) is -0.112. The van der Waals surface area contributed by atoms with Crippen molar-refractivity contribution in [1.82, 2.24) is 4.90 Å². The minimum atomic E-state index is 0. The maximum absolute atomic E-state index is 11.4. The number of ether oxygens (including phenoxy) is 1. The molecule has 0 unspecified atom stereocenters. The molecule has 1 saturated heterocycles. The summed E-state index contributed by atoms with van der Waals surface area (Å²) in [7, 11) is 1.68. The monoisotopic (exact) mass is 282 g/mol. The van der Waals surface area contributed by atoms with Crippen LogP contribution in [0.5, 0.6) is 5.75 Å². The van der Waals surface area contributed by atoms with Crippen molar-refractivity contribution in [1.29, 1.82) is 0 Å². The van der Waals surface area contributed by atoms with Crippen LogP contribution in [0.25, 0.3) is 0 Å². The summed E-state index contributed by atoms with van der Waals surface area (Å²) in [6.45, 7) is 4.78. The predicted molar refractivity (Wildman–Crippen MR) is 72.1 cm³/mol. The third-order valence-electron chi connectivity index (χ3n) is 3.53. The zero-order valence-electron chi connectivity index (χ0n) is 11.6. The largest absolute Gasteiger partial charge is 1.00 e. The fourth-order valence-electron chi connectivity index (χ4n) is 2.48. The molecule has 2 rings (SSSR count). The number of hydrogen-bond acceptors (Lipinski definition) is 3. The van der Waals surface area contributed by atoms with Gasteiger partial charge in [0.1, 0.15) is 5.75 Å². The molecule has 0 N–H and O–H groups in total. The number of benzene rings is 1. The van der Waals surface area contributed by atoms with E-state index in [1.807, 2.05) is 18.2 Å². The number of carbonyl (C=O) groups is 1. The van der Waals surface area contributed by atoms with Crippen LogP contribution in [0.4, 0.5) is 0 Å². The van der Waals surface area contributed by atoms with E-state index >= 15 is 0 Å². The molecule has 106 valence electrons. The van der Waals surface area contributed by atoms with Crippen molar-refractivity contribution >= 4 is 5.78 Å². The number of piperidine rings is 1. The van der Waals surface area contributed by atoms with Gasteiger partial charge in [-0.05, 0) is 51.1 Å². The van der Waals surface area contributed by atoms with E-state index in [9.17, 15) is 4.79 Å². The van der Waals surface area contributed by atoms with Gasteiger partial charge in [-0.3, -0.25) is 9.69 Å². The number of methoxy groups -OCH3 is 1. The van der Waals surface area contributed by atoms with Crippen LogP contribution in [-0.2, 0) is 6.54 Å². The van der Waals surface area contributed by atoms with E-state index in [2.05, 4.69) is 4.90 Å². The molecule has 3 nitrogen and oxygen atoms in total. The molecule has 1 fully saturated rings. The Labute approximate surface area is 121 Å². The van der Waals surface area contributed by atoms with Gasteiger partial charge < -0.3 is 17.1 Å². The molecule has 1 aromatic carbocycles. The van der Waals surface area contributed by atoms with E-state index in [1.165, 1.54) is 19.3 Å². The summed E-state index contributed by atoms with van der Waals surface area (Å²) in [5.74, 6) is 0.989. The molecule has 1 aliphatic heterocycles. The first kappa shape index (κ1) is 16.0. The number of halogens is 1. The SMILES string of the molecule is COc1ccc(C(C)=O)cc1CN1CCCCC1.[Cl-]. The zero-order chi connectivity index (χ0) is 13.0. The maximum Gasteiger partial charge on any atom is 0.159 e. The Balaban J connectivity index is 0.00000180. The molecular weight excluding hydrogens is 262 g/mol. The third-order valence-corrected chi connectivity index (χ3v) is 3.53. The van der Waals surface area contributed by atoms with Crippen molar-refractivity contribution in [3.8, 4) is 5.75 Å². The van der Waals surface area contributed by atoms with Crippen LogP contribution < -0.4 is 17.1 Å². The summed E-state index contributed by atoms with van der Waals surface area (Å²) in [6.07, 6.45) is 3.88.